The Kier molecular flexibility index (Phi) is 2.67. The highest BCUT2D eigenvalue weighted by molar-refractivity contribution is 6.66. The van der Waals surface area contributed by atoms with Gasteiger partial charge in [-0.2, -0.15) is 0 Å². The fourth-order valence-corrected chi connectivity index (χ4v) is 3.03. The molecule has 0 spiro atoms. The molecule has 0 unspecified atom stereocenters. The van der Waals surface area contributed by atoms with Crippen LogP contribution < -0.4 is 5.46 Å². The van der Waals surface area contributed by atoms with Gasteiger partial charge < -0.3 is 13.7 Å². The fourth-order valence-electron chi connectivity index (χ4n) is 2.85. The van der Waals surface area contributed by atoms with E-state index in [9.17, 15) is 0 Å². The Hall–Kier alpha value is -1.49. The fraction of sp³-hybridized carbons (Fsp3) is 0.333. The van der Waals surface area contributed by atoms with E-state index in [0.29, 0.717) is 33.1 Å². The summed E-state index contributed by atoms with van der Waals surface area (Å²) in [5.41, 5.74) is 0.661. The zero-order valence-corrected chi connectivity index (χ0v) is 14.2. The predicted molar refractivity (Wildman–Crippen MR) is 94.4 cm³/mol. The molecule has 2 aromatic carbocycles. The number of hydrogen-bond acceptors (Lipinski definition) is 3. The Labute approximate surface area is 143 Å². The molecule has 1 aliphatic heterocycles. The van der Waals surface area contributed by atoms with E-state index in [1.165, 1.54) is 0 Å². The number of halogens is 1. The minimum atomic E-state index is -0.701. The summed E-state index contributed by atoms with van der Waals surface area (Å²) in [6, 6.07) is 7.26. The molecule has 1 aliphatic rings. The van der Waals surface area contributed by atoms with E-state index in [1.807, 2.05) is 27.7 Å². The highest BCUT2D eigenvalue weighted by Crippen LogP contribution is 2.39. The lowest BCUT2D eigenvalue weighted by Crippen LogP contribution is -2.41. The largest absolute Gasteiger partial charge is 0.495 e. The van der Waals surface area contributed by atoms with Crippen molar-refractivity contribution in [2.45, 2.75) is 38.9 Å². The van der Waals surface area contributed by atoms with Gasteiger partial charge in [0.15, 0.2) is 5.58 Å². The SMILES string of the molecule is [2H]c1ccc2oc3c(Cl)cc([2H])c(B4OC(C)(C)C(C)(C)O4)c3c2c1. The molecule has 3 aromatic rings. The molecule has 1 fully saturated rings. The quantitative estimate of drug-likeness (QED) is 0.614. The smallest absolute Gasteiger partial charge is 0.455 e. The van der Waals surface area contributed by atoms with Crippen LogP contribution in [-0.2, 0) is 9.31 Å². The lowest BCUT2D eigenvalue weighted by Gasteiger charge is -2.32. The molecular formula is C18H18BClO3. The van der Waals surface area contributed by atoms with Crippen LogP contribution in [0.15, 0.2) is 40.8 Å². The predicted octanol–water partition coefficient (Wildman–Crippen LogP) is 4.54. The number of furan rings is 1. The molecule has 0 N–H and O–H groups in total. The van der Waals surface area contributed by atoms with E-state index < -0.39 is 18.3 Å². The number of benzene rings is 2. The number of hydrogen-bond donors (Lipinski definition) is 0. The Balaban J connectivity index is 2.04. The third-order valence-corrected chi connectivity index (χ3v) is 5.14. The molecule has 0 bridgehead atoms. The lowest BCUT2D eigenvalue weighted by atomic mass is 9.76. The molecular weight excluding hydrogens is 310 g/mol. The normalized spacial score (nSPS) is 21.0. The van der Waals surface area contributed by atoms with Crippen molar-refractivity contribution in [1.82, 2.24) is 0 Å². The van der Waals surface area contributed by atoms with Gasteiger partial charge in [-0.15, -0.1) is 0 Å². The zero-order valence-electron chi connectivity index (χ0n) is 15.5. The Morgan fingerprint density at radius 3 is 2.48 bits per heavy atom. The van der Waals surface area contributed by atoms with Crippen LogP contribution in [0.25, 0.3) is 21.9 Å². The summed E-state index contributed by atoms with van der Waals surface area (Å²) in [5, 5.41) is 1.78. The van der Waals surface area contributed by atoms with Gasteiger partial charge in [0.05, 0.1) is 19.0 Å². The summed E-state index contributed by atoms with van der Waals surface area (Å²) >= 11 is 6.32. The molecule has 1 aromatic heterocycles. The first kappa shape index (κ1) is 12.9. The van der Waals surface area contributed by atoms with Crippen molar-refractivity contribution in [3.05, 3.63) is 41.4 Å². The van der Waals surface area contributed by atoms with Gasteiger partial charge in [0, 0.05) is 10.8 Å². The van der Waals surface area contributed by atoms with Gasteiger partial charge in [0.1, 0.15) is 5.58 Å². The lowest BCUT2D eigenvalue weighted by molar-refractivity contribution is 0.00578. The maximum Gasteiger partial charge on any atom is 0.495 e. The van der Waals surface area contributed by atoms with Crippen LogP contribution in [0.3, 0.4) is 0 Å². The molecule has 1 saturated heterocycles. The molecule has 0 aliphatic carbocycles. The van der Waals surface area contributed by atoms with Gasteiger partial charge in [0.2, 0.25) is 0 Å². The standard InChI is InChI=1S/C18H18BClO3/c1-17(2)18(3,4)23-19(22-17)12-9-10-13(20)16-15(12)11-7-5-6-8-14(11)21-16/h5-10H,1-4H3/i5D,9D. The monoisotopic (exact) mass is 330 g/mol. The highest BCUT2D eigenvalue weighted by atomic mass is 35.5. The number of rotatable bonds is 1. The summed E-state index contributed by atoms with van der Waals surface area (Å²) in [4.78, 5) is 0. The second-order valence-electron chi connectivity index (χ2n) is 6.87. The topological polar surface area (TPSA) is 31.6 Å². The number of fused-ring (bicyclic) bond motifs is 3. The summed E-state index contributed by atoms with van der Waals surface area (Å²) < 4.78 is 34.6. The highest BCUT2D eigenvalue weighted by Gasteiger charge is 2.52. The molecule has 118 valence electrons. The first-order chi connectivity index (χ1) is 11.6. The van der Waals surface area contributed by atoms with Crippen LogP contribution in [0.1, 0.15) is 30.4 Å². The van der Waals surface area contributed by atoms with Crippen LogP contribution in [0, 0.1) is 0 Å². The van der Waals surface area contributed by atoms with Gasteiger partial charge in [-0.3, -0.25) is 0 Å². The van der Waals surface area contributed by atoms with Gasteiger partial charge in [-0.1, -0.05) is 35.8 Å². The van der Waals surface area contributed by atoms with E-state index in [2.05, 4.69) is 0 Å². The third-order valence-electron chi connectivity index (χ3n) is 4.86. The van der Waals surface area contributed by atoms with Crippen LogP contribution in [0.5, 0.6) is 0 Å². The summed E-state index contributed by atoms with van der Waals surface area (Å²) in [5.74, 6) is 0. The maximum absolute atomic E-state index is 8.45. The minimum Gasteiger partial charge on any atom is -0.455 e. The summed E-state index contributed by atoms with van der Waals surface area (Å²) in [6.45, 7) is 7.89. The Morgan fingerprint density at radius 1 is 1.09 bits per heavy atom. The Morgan fingerprint density at radius 2 is 1.78 bits per heavy atom. The van der Waals surface area contributed by atoms with Gasteiger partial charge in [-0.25, -0.2) is 0 Å². The van der Waals surface area contributed by atoms with E-state index in [1.54, 1.807) is 24.3 Å². The van der Waals surface area contributed by atoms with E-state index in [4.69, 9.17) is 28.1 Å². The maximum atomic E-state index is 8.45. The molecule has 0 saturated carbocycles. The van der Waals surface area contributed by atoms with E-state index in [-0.39, 0.29) is 6.04 Å². The first-order valence-corrected chi connectivity index (χ1v) is 7.96. The van der Waals surface area contributed by atoms with Crippen molar-refractivity contribution in [2.75, 3.05) is 0 Å². The average molecular weight is 331 g/mol. The van der Waals surface area contributed by atoms with Gasteiger partial charge >= 0.3 is 7.12 Å². The number of para-hydroxylation sites is 1. The van der Waals surface area contributed by atoms with Crippen molar-refractivity contribution in [2.24, 2.45) is 0 Å². The molecule has 2 heterocycles. The molecule has 23 heavy (non-hydrogen) atoms. The molecule has 4 rings (SSSR count). The first-order valence-electron chi connectivity index (χ1n) is 8.58. The van der Waals surface area contributed by atoms with Crippen molar-refractivity contribution in [3.8, 4) is 0 Å². The Bertz CT molecular complexity index is 997. The van der Waals surface area contributed by atoms with Crippen LogP contribution in [0.4, 0.5) is 0 Å². The van der Waals surface area contributed by atoms with Crippen molar-refractivity contribution in [3.63, 3.8) is 0 Å². The van der Waals surface area contributed by atoms with Crippen molar-refractivity contribution in [1.29, 1.82) is 0 Å². The van der Waals surface area contributed by atoms with Crippen molar-refractivity contribution >= 4 is 46.1 Å². The van der Waals surface area contributed by atoms with Crippen LogP contribution >= 0.6 is 11.6 Å². The molecule has 0 radical (unpaired) electrons. The van der Waals surface area contributed by atoms with E-state index >= 15 is 0 Å². The zero-order chi connectivity index (χ0) is 18.1. The van der Waals surface area contributed by atoms with Crippen LogP contribution in [0.2, 0.25) is 5.02 Å². The van der Waals surface area contributed by atoms with Gasteiger partial charge in [-0.05, 0) is 45.3 Å². The molecule has 0 atom stereocenters. The molecule has 3 nitrogen and oxygen atoms in total. The average Bonchev–Trinajstić information content (AvgIpc) is 2.94. The second kappa shape index (κ2) is 4.76. The minimum absolute atomic E-state index is 0.231. The molecule has 0 amide bonds. The second-order valence-corrected chi connectivity index (χ2v) is 7.27. The molecule has 5 heteroatoms. The van der Waals surface area contributed by atoms with Crippen molar-refractivity contribution < 1.29 is 16.5 Å². The third kappa shape index (κ3) is 2.13. The summed E-state index contributed by atoms with van der Waals surface area (Å²) in [6.07, 6.45) is 0. The van der Waals surface area contributed by atoms with Gasteiger partial charge in [0.25, 0.3) is 0 Å². The van der Waals surface area contributed by atoms with E-state index in [0.717, 1.165) is 5.39 Å². The summed E-state index contributed by atoms with van der Waals surface area (Å²) in [7, 11) is -0.701. The van der Waals surface area contributed by atoms with Crippen LogP contribution in [-0.4, -0.2) is 18.3 Å².